The van der Waals surface area contributed by atoms with Gasteiger partial charge in [0.2, 0.25) is 5.91 Å². The first-order valence-corrected chi connectivity index (χ1v) is 5.11. The minimum absolute atomic E-state index is 0.132. The second-order valence-electron chi connectivity index (χ2n) is 4.62. The molecule has 0 aromatic rings. The smallest absolute Gasteiger partial charge is 0.223 e. The zero-order valence-electron chi connectivity index (χ0n) is 8.05. The fourth-order valence-electron chi connectivity index (χ4n) is 1.83. The Morgan fingerprint density at radius 1 is 1.62 bits per heavy atom. The molecular weight excluding hydrogens is 166 g/mol. The molecule has 2 rings (SSSR count). The molecule has 2 saturated carbocycles. The number of nitrogens with one attached hydrogen (secondary N) is 1. The summed E-state index contributed by atoms with van der Waals surface area (Å²) in [4.78, 5) is 11.4. The van der Waals surface area contributed by atoms with Crippen LogP contribution in [0, 0.1) is 11.8 Å². The first-order chi connectivity index (χ1) is 6.11. The summed E-state index contributed by atoms with van der Waals surface area (Å²) in [7, 11) is 0. The second-order valence-corrected chi connectivity index (χ2v) is 4.62. The molecule has 0 heterocycles. The van der Waals surface area contributed by atoms with Crippen molar-refractivity contribution < 1.29 is 9.90 Å². The summed E-state index contributed by atoms with van der Waals surface area (Å²) in [5, 5.41) is 12.5. The Labute approximate surface area is 78.5 Å². The molecule has 0 radical (unpaired) electrons. The molecule has 0 aromatic heterocycles. The van der Waals surface area contributed by atoms with Crippen molar-refractivity contribution in [3.05, 3.63) is 0 Å². The summed E-state index contributed by atoms with van der Waals surface area (Å²) in [6, 6.07) is 0. The first-order valence-electron chi connectivity index (χ1n) is 5.11. The van der Waals surface area contributed by atoms with Gasteiger partial charge in [-0.3, -0.25) is 4.79 Å². The van der Waals surface area contributed by atoms with Crippen molar-refractivity contribution in [3.63, 3.8) is 0 Å². The number of hydrogen-bond donors (Lipinski definition) is 2. The molecule has 13 heavy (non-hydrogen) atoms. The molecule has 2 fully saturated rings. The largest absolute Gasteiger partial charge is 0.388 e. The van der Waals surface area contributed by atoms with Crippen LogP contribution in [-0.2, 0) is 4.79 Å². The van der Waals surface area contributed by atoms with E-state index in [1.54, 1.807) is 0 Å². The van der Waals surface area contributed by atoms with Gasteiger partial charge in [0, 0.05) is 12.5 Å². The molecule has 3 heteroatoms. The van der Waals surface area contributed by atoms with Crippen molar-refractivity contribution in [1.29, 1.82) is 0 Å². The molecule has 74 valence electrons. The highest BCUT2D eigenvalue weighted by atomic mass is 16.3. The third kappa shape index (κ3) is 1.85. The van der Waals surface area contributed by atoms with E-state index in [1.165, 1.54) is 0 Å². The maximum atomic E-state index is 11.4. The van der Waals surface area contributed by atoms with E-state index in [1.807, 2.05) is 0 Å². The van der Waals surface area contributed by atoms with E-state index in [9.17, 15) is 9.90 Å². The Kier molecular flexibility index (Phi) is 2.06. The number of aliphatic hydroxyl groups is 1. The van der Waals surface area contributed by atoms with E-state index in [0.717, 1.165) is 25.7 Å². The van der Waals surface area contributed by atoms with Crippen LogP contribution in [0.1, 0.15) is 32.6 Å². The molecule has 0 unspecified atom stereocenters. The van der Waals surface area contributed by atoms with Gasteiger partial charge in [-0.15, -0.1) is 0 Å². The van der Waals surface area contributed by atoms with Crippen LogP contribution in [0.4, 0.5) is 0 Å². The van der Waals surface area contributed by atoms with Crippen LogP contribution < -0.4 is 5.32 Å². The Hall–Kier alpha value is -0.570. The Morgan fingerprint density at radius 2 is 2.23 bits per heavy atom. The minimum atomic E-state index is -0.576. The highest BCUT2D eigenvalue weighted by molar-refractivity contribution is 5.81. The monoisotopic (exact) mass is 183 g/mol. The SMILES string of the molecule is C[C@H]1C[C@@H]1C(=O)NCC1(O)CCC1. The van der Waals surface area contributed by atoms with Gasteiger partial charge in [0.05, 0.1) is 5.60 Å². The lowest BCUT2D eigenvalue weighted by molar-refractivity contribution is -0.125. The summed E-state index contributed by atoms with van der Waals surface area (Å²) >= 11 is 0. The van der Waals surface area contributed by atoms with Crippen LogP contribution in [0.15, 0.2) is 0 Å². The molecule has 0 saturated heterocycles. The van der Waals surface area contributed by atoms with Crippen molar-refractivity contribution in [3.8, 4) is 0 Å². The molecule has 2 aliphatic carbocycles. The third-order valence-corrected chi connectivity index (χ3v) is 3.32. The first kappa shape index (κ1) is 9.00. The van der Waals surface area contributed by atoms with Gasteiger partial charge in [-0.1, -0.05) is 6.92 Å². The quantitative estimate of drug-likeness (QED) is 0.675. The number of rotatable bonds is 3. The summed E-state index contributed by atoms with van der Waals surface area (Å²) in [5.74, 6) is 0.910. The molecule has 0 bridgehead atoms. The van der Waals surface area contributed by atoms with E-state index >= 15 is 0 Å². The lowest BCUT2D eigenvalue weighted by atomic mass is 9.80. The predicted octanol–water partition coefficient (Wildman–Crippen LogP) is 0.674. The molecule has 2 aliphatic rings. The van der Waals surface area contributed by atoms with E-state index < -0.39 is 5.60 Å². The molecule has 0 spiro atoms. The molecule has 0 aliphatic heterocycles. The van der Waals surface area contributed by atoms with Gasteiger partial charge >= 0.3 is 0 Å². The van der Waals surface area contributed by atoms with Crippen molar-refractivity contribution in [2.45, 2.75) is 38.2 Å². The van der Waals surface area contributed by atoms with Gasteiger partial charge in [0.1, 0.15) is 0 Å². The van der Waals surface area contributed by atoms with Gasteiger partial charge in [0.25, 0.3) is 0 Å². The molecule has 1 amide bonds. The molecule has 0 aromatic carbocycles. The summed E-state index contributed by atoms with van der Waals surface area (Å²) in [6.45, 7) is 2.54. The zero-order valence-corrected chi connectivity index (χ0v) is 8.05. The van der Waals surface area contributed by atoms with Gasteiger partial charge in [-0.25, -0.2) is 0 Å². The molecule has 3 nitrogen and oxygen atoms in total. The summed E-state index contributed by atoms with van der Waals surface area (Å²) in [6.07, 6.45) is 3.79. The standard InChI is InChI=1S/C10H17NO2/c1-7-5-8(7)9(12)11-6-10(13)3-2-4-10/h7-8,13H,2-6H2,1H3,(H,11,12)/t7-,8-/m0/s1. The molecular formula is C10H17NO2. The lowest BCUT2D eigenvalue weighted by Gasteiger charge is -2.36. The van der Waals surface area contributed by atoms with Crippen molar-refractivity contribution in [2.75, 3.05) is 6.54 Å². The van der Waals surface area contributed by atoms with Crippen molar-refractivity contribution >= 4 is 5.91 Å². The van der Waals surface area contributed by atoms with Crippen LogP contribution in [0.3, 0.4) is 0 Å². The van der Waals surface area contributed by atoms with Gasteiger partial charge < -0.3 is 10.4 Å². The normalized spacial score (nSPS) is 34.9. The maximum Gasteiger partial charge on any atom is 0.223 e. The van der Waals surface area contributed by atoms with E-state index in [4.69, 9.17) is 0 Å². The number of hydrogen-bond acceptors (Lipinski definition) is 2. The van der Waals surface area contributed by atoms with Gasteiger partial charge in [0.15, 0.2) is 0 Å². The number of amides is 1. The van der Waals surface area contributed by atoms with E-state index in [-0.39, 0.29) is 11.8 Å². The maximum absolute atomic E-state index is 11.4. The van der Waals surface area contributed by atoms with Crippen LogP contribution in [0.25, 0.3) is 0 Å². The topological polar surface area (TPSA) is 49.3 Å². The average Bonchev–Trinajstić information content (AvgIpc) is 2.75. The number of carbonyl (C=O) groups is 1. The lowest BCUT2D eigenvalue weighted by Crippen LogP contribution is -2.48. The van der Waals surface area contributed by atoms with Crippen LogP contribution in [0.2, 0.25) is 0 Å². The summed E-state index contributed by atoms with van der Waals surface area (Å²) < 4.78 is 0. The molecule has 2 N–H and O–H groups in total. The Bertz CT molecular complexity index is 223. The average molecular weight is 183 g/mol. The van der Waals surface area contributed by atoms with Crippen molar-refractivity contribution in [1.82, 2.24) is 5.32 Å². The van der Waals surface area contributed by atoms with E-state index in [2.05, 4.69) is 12.2 Å². The Morgan fingerprint density at radius 3 is 2.62 bits per heavy atom. The Balaban J connectivity index is 1.70. The van der Waals surface area contributed by atoms with Crippen LogP contribution in [0.5, 0.6) is 0 Å². The highest BCUT2D eigenvalue weighted by Gasteiger charge is 2.41. The highest BCUT2D eigenvalue weighted by Crippen LogP contribution is 2.38. The van der Waals surface area contributed by atoms with Crippen LogP contribution in [-0.4, -0.2) is 23.2 Å². The fourth-order valence-corrected chi connectivity index (χ4v) is 1.83. The van der Waals surface area contributed by atoms with Crippen LogP contribution >= 0.6 is 0 Å². The zero-order chi connectivity index (χ0) is 9.47. The molecule has 2 atom stereocenters. The number of carbonyl (C=O) groups excluding carboxylic acids is 1. The van der Waals surface area contributed by atoms with Gasteiger partial charge in [-0.05, 0) is 31.6 Å². The van der Waals surface area contributed by atoms with Gasteiger partial charge in [-0.2, -0.15) is 0 Å². The fraction of sp³-hybridized carbons (Fsp3) is 0.900. The van der Waals surface area contributed by atoms with E-state index in [0.29, 0.717) is 12.5 Å². The predicted molar refractivity (Wildman–Crippen MR) is 49.1 cm³/mol. The summed E-state index contributed by atoms with van der Waals surface area (Å²) in [5.41, 5.74) is -0.576. The van der Waals surface area contributed by atoms with Crippen molar-refractivity contribution in [2.24, 2.45) is 11.8 Å². The third-order valence-electron chi connectivity index (χ3n) is 3.32. The minimum Gasteiger partial charge on any atom is -0.388 e. The second kappa shape index (κ2) is 2.98.